The molecule has 26 heavy (non-hydrogen) atoms. The molecule has 0 saturated heterocycles. The van der Waals surface area contributed by atoms with Gasteiger partial charge in [0.05, 0.1) is 11.3 Å². The van der Waals surface area contributed by atoms with Gasteiger partial charge in [0.1, 0.15) is 12.4 Å². The fraction of sp³-hybridized carbons (Fsp3) is 0.158. The maximum atomic E-state index is 13.1. The van der Waals surface area contributed by atoms with Gasteiger partial charge >= 0.3 is 0 Å². The Balaban J connectivity index is 1.75. The molecule has 1 aliphatic heterocycles. The highest BCUT2D eigenvalue weighted by atomic mass is 16.1. The molecule has 2 N–H and O–H groups in total. The normalized spacial score (nSPS) is 16.0. The van der Waals surface area contributed by atoms with E-state index in [1.165, 1.54) is 6.33 Å². The number of aromatic nitrogens is 4. The number of nitrogens with zero attached hydrogens (tertiary/aromatic N) is 4. The van der Waals surface area contributed by atoms with Gasteiger partial charge in [-0.1, -0.05) is 18.2 Å². The Morgan fingerprint density at radius 2 is 2.04 bits per heavy atom. The molecule has 0 radical (unpaired) electrons. The summed E-state index contributed by atoms with van der Waals surface area (Å²) >= 11 is 0. The van der Waals surface area contributed by atoms with Crippen molar-refractivity contribution in [2.75, 3.05) is 10.6 Å². The predicted octanol–water partition coefficient (Wildman–Crippen LogP) is 2.91. The minimum atomic E-state index is -0.445. The Morgan fingerprint density at radius 3 is 2.81 bits per heavy atom. The zero-order valence-electron chi connectivity index (χ0n) is 14.5. The van der Waals surface area contributed by atoms with E-state index in [9.17, 15) is 4.79 Å². The van der Waals surface area contributed by atoms with Crippen LogP contribution in [0.1, 0.15) is 24.2 Å². The van der Waals surface area contributed by atoms with Gasteiger partial charge in [0.25, 0.3) is 5.91 Å². The number of carbonyl (C=O) groups is 1. The van der Waals surface area contributed by atoms with E-state index in [2.05, 4.69) is 25.7 Å². The molecule has 0 fully saturated rings. The van der Waals surface area contributed by atoms with Gasteiger partial charge in [-0.2, -0.15) is 10.1 Å². The minimum Gasteiger partial charge on any atom is -0.328 e. The van der Waals surface area contributed by atoms with Crippen molar-refractivity contribution in [3.8, 4) is 0 Å². The van der Waals surface area contributed by atoms with E-state index in [-0.39, 0.29) is 5.91 Å². The van der Waals surface area contributed by atoms with E-state index in [4.69, 9.17) is 0 Å². The zero-order chi connectivity index (χ0) is 18.1. The average molecular weight is 346 g/mol. The number of hydrogen-bond donors (Lipinski definition) is 2. The summed E-state index contributed by atoms with van der Waals surface area (Å²) in [6, 6.07) is 12.9. The Kier molecular flexibility index (Phi) is 3.96. The molecule has 3 aromatic rings. The fourth-order valence-corrected chi connectivity index (χ4v) is 3.12. The molecular formula is C19H18N6O. The first-order valence-corrected chi connectivity index (χ1v) is 8.30. The van der Waals surface area contributed by atoms with Crippen LogP contribution < -0.4 is 10.6 Å². The van der Waals surface area contributed by atoms with Crippen molar-refractivity contribution in [1.29, 1.82) is 0 Å². The van der Waals surface area contributed by atoms with Crippen LogP contribution in [0.5, 0.6) is 0 Å². The number of fused-ring (bicyclic) bond motifs is 1. The number of carbonyl (C=O) groups excluding carboxylic acids is 1. The third-order valence-electron chi connectivity index (χ3n) is 4.28. The molecule has 0 aliphatic carbocycles. The topological polar surface area (TPSA) is 84.7 Å². The second-order valence-electron chi connectivity index (χ2n) is 6.17. The number of benzene rings is 1. The molecule has 7 heteroatoms. The maximum Gasteiger partial charge on any atom is 0.255 e. The van der Waals surface area contributed by atoms with Crippen LogP contribution in [0.3, 0.4) is 0 Å². The van der Waals surface area contributed by atoms with Crippen molar-refractivity contribution in [2.45, 2.75) is 19.9 Å². The fourth-order valence-electron chi connectivity index (χ4n) is 3.12. The number of hydrogen-bond acceptors (Lipinski definition) is 5. The van der Waals surface area contributed by atoms with Crippen LogP contribution in [0.25, 0.3) is 0 Å². The second-order valence-corrected chi connectivity index (χ2v) is 6.17. The smallest absolute Gasteiger partial charge is 0.255 e. The molecule has 1 amide bonds. The second kappa shape index (κ2) is 6.44. The third kappa shape index (κ3) is 2.83. The summed E-state index contributed by atoms with van der Waals surface area (Å²) in [5, 5.41) is 10.4. The molecule has 1 atom stereocenters. The number of nitrogens with one attached hydrogen (secondary N) is 2. The quantitative estimate of drug-likeness (QED) is 0.762. The highest BCUT2D eigenvalue weighted by Crippen LogP contribution is 2.34. The van der Waals surface area contributed by atoms with Crippen molar-refractivity contribution in [2.24, 2.45) is 0 Å². The molecule has 0 saturated carbocycles. The Morgan fingerprint density at radius 1 is 1.15 bits per heavy atom. The number of pyridine rings is 1. The summed E-state index contributed by atoms with van der Waals surface area (Å²) < 4.78 is 1.68. The first kappa shape index (κ1) is 16.0. The monoisotopic (exact) mass is 346 g/mol. The van der Waals surface area contributed by atoms with E-state index in [0.29, 0.717) is 11.5 Å². The summed E-state index contributed by atoms with van der Waals surface area (Å²) in [7, 11) is 0. The largest absolute Gasteiger partial charge is 0.328 e. The van der Waals surface area contributed by atoms with E-state index >= 15 is 0 Å². The molecule has 1 aromatic carbocycles. The van der Waals surface area contributed by atoms with Crippen LogP contribution in [-0.2, 0) is 4.79 Å². The molecule has 4 rings (SSSR count). The van der Waals surface area contributed by atoms with Gasteiger partial charge in [0, 0.05) is 17.6 Å². The lowest BCUT2D eigenvalue weighted by atomic mass is 9.98. The minimum absolute atomic E-state index is 0.197. The summed E-state index contributed by atoms with van der Waals surface area (Å²) in [6.07, 6.45) is 3.17. The van der Waals surface area contributed by atoms with E-state index in [0.717, 1.165) is 22.6 Å². The predicted molar refractivity (Wildman–Crippen MR) is 98.5 cm³/mol. The summed E-state index contributed by atoms with van der Waals surface area (Å²) in [4.78, 5) is 21.8. The number of allylic oxidation sites excluding steroid dienone is 1. The van der Waals surface area contributed by atoms with Crippen molar-refractivity contribution >= 4 is 17.5 Å². The molecule has 1 aliphatic rings. The molecule has 0 bridgehead atoms. The van der Waals surface area contributed by atoms with Gasteiger partial charge in [0.15, 0.2) is 0 Å². The van der Waals surface area contributed by atoms with Crippen molar-refractivity contribution in [1.82, 2.24) is 19.7 Å². The van der Waals surface area contributed by atoms with Crippen LogP contribution in [0, 0.1) is 6.92 Å². The van der Waals surface area contributed by atoms with Crippen LogP contribution >= 0.6 is 0 Å². The van der Waals surface area contributed by atoms with Gasteiger partial charge in [-0.3, -0.25) is 9.78 Å². The molecular weight excluding hydrogens is 328 g/mol. The number of rotatable bonds is 3. The van der Waals surface area contributed by atoms with E-state index in [1.54, 1.807) is 10.9 Å². The van der Waals surface area contributed by atoms with Crippen molar-refractivity contribution in [3.05, 3.63) is 77.5 Å². The molecule has 130 valence electrons. The van der Waals surface area contributed by atoms with Crippen LogP contribution in [0.2, 0.25) is 0 Å². The Hall–Kier alpha value is -3.48. The van der Waals surface area contributed by atoms with Gasteiger partial charge in [-0.25, -0.2) is 4.68 Å². The highest BCUT2D eigenvalue weighted by molar-refractivity contribution is 6.05. The van der Waals surface area contributed by atoms with Gasteiger partial charge in [-0.15, -0.1) is 0 Å². The Labute approximate surface area is 150 Å². The lowest BCUT2D eigenvalue weighted by Gasteiger charge is -2.28. The van der Waals surface area contributed by atoms with E-state index in [1.807, 2.05) is 56.3 Å². The number of amides is 1. The lowest BCUT2D eigenvalue weighted by Crippen LogP contribution is -2.32. The third-order valence-corrected chi connectivity index (χ3v) is 4.28. The summed E-state index contributed by atoms with van der Waals surface area (Å²) in [6.45, 7) is 3.85. The molecule has 2 aromatic heterocycles. The number of aryl methyl sites for hydroxylation is 1. The zero-order valence-corrected chi connectivity index (χ0v) is 14.5. The molecule has 7 nitrogen and oxygen atoms in total. The SMILES string of the molecule is CC1=C(C(=O)Nc2cccc(C)c2)C(c2ccccn2)n2ncnc2N1. The van der Waals surface area contributed by atoms with Crippen LogP contribution in [-0.4, -0.2) is 25.7 Å². The van der Waals surface area contributed by atoms with Gasteiger partial charge in [0.2, 0.25) is 5.95 Å². The standard InChI is InChI=1S/C19H18N6O/c1-12-6-5-7-14(10-12)24-18(26)16-13(2)23-19-21-11-22-25(19)17(16)15-8-3-4-9-20-15/h3-11,17H,1-2H3,(H,24,26)(H,21,22,23). The van der Waals surface area contributed by atoms with Crippen LogP contribution in [0.15, 0.2) is 66.3 Å². The van der Waals surface area contributed by atoms with Gasteiger partial charge < -0.3 is 10.6 Å². The van der Waals surface area contributed by atoms with Gasteiger partial charge in [-0.05, 0) is 43.7 Å². The molecule has 3 heterocycles. The van der Waals surface area contributed by atoms with Crippen LogP contribution in [0.4, 0.5) is 11.6 Å². The first-order valence-electron chi connectivity index (χ1n) is 8.30. The first-order chi connectivity index (χ1) is 12.6. The van der Waals surface area contributed by atoms with E-state index < -0.39 is 6.04 Å². The number of anilines is 2. The average Bonchev–Trinajstić information content (AvgIpc) is 3.09. The Bertz CT molecular complexity index is 992. The molecule has 1 unspecified atom stereocenters. The maximum absolute atomic E-state index is 13.1. The molecule has 0 spiro atoms. The lowest BCUT2D eigenvalue weighted by molar-refractivity contribution is -0.113. The van der Waals surface area contributed by atoms with Crippen molar-refractivity contribution in [3.63, 3.8) is 0 Å². The summed E-state index contributed by atoms with van der Waals surface area (Å²) in [5.41, 5.74) is 3.85. The van der Waals surface area contributed by atoms with Crippen molar-refractivity contribution < 1.29 is 4.79 Å². The highest BCUT2D eigenvalue weighted by Gasteiger charge is 2.34. The summed E-state index contributed by atoms with van der Waals surface area (Å²) in [5.74, 6) is 0.391.